The maximum absolute atomic E-state index is 12.0. The third-order valence-electron chi connectivity index (χ3n) is 4.45. The summed E-state index contributed by atoms with van der Waals surface area (Å²) in [7, 11) is 0. The van der Waals surface area contributed by atoms with Crippen LogP contribution in [0.25, 0.3) is 0 Å². The molecule has 2 aromatic carbocycles. The molecule has 1 amide bonds. The van der Waals surface area contributed by atoms with Gasteiger partial charge in [-0.05, 0) is 43.5 Å². The number of carbonyl (C=O) groups is 1. The molecule has 0 unspecified atom stereocenters. The normalized spacial score (nSPS) is 11.8. The average Bonchev–Trinajstić information content (AvgIpc) is 3.12. The molecule has 1 heterocycles. The molecule has 0 saturated carbocycles. The highest BCUT2D eigenvalue weighted by molar-refractivity contribution is 7.07. The molecule has 1 aromatic heterocycles. The zero-order valence-electron chi connectivity index (χ0n) is 16.4. The number of nitrogens with one attached hydrogen (secondary N) is 1. The lowest BCUT2D eigenvalue weighted by Crippen LogP contribution is -2.33. The number of benzene rings is 2. The van der Waals surface area contributed by atoms with Crippen molar-refractivity contribution in [2.24, 2.45) is 0 Å². The summed E-state index contributed by atoms with van der Waals surface area (Å²) in [6.45, 7) is 6.13. The first-order valence-electron chi connectivity index (χ1n) is 9.46. The highest BCUT2D eigenvalue weighted by Crippen LogP contribution is 2.24. The molecule has 0 aliphatic heterocycles. The predicted molar refractivity (Wildman–Crippen MR) is 112 cm³/mol. The van der Waals surface area contributed by atoms with Gasteiger partial charge in [-0.3, -0.25) is 4.79 Å². The summed E-state index contributed by atoms with van der Waals surface area (Å²) in [5.74, 6) is 1.47. The van der Waals surface area contributed by atoms with Gasteiger partial charge in [-0.1, -0.05) is 48.9 Å². The third kappa shape index (κ3) is 5.89. The van der Waals surface area contributed by atoms with Crippen molar-refractivity contribution in [1.29, 1.82) is 0 Å². The summed E-state index contributed by atoms with van der Waals surface area (Å²) >= 11 is 1.24. The molecule has 1 atom stereocenters. The van der Waals surface area contributed by atoms with Gasteiger partial charge in [-0.25, -0.2) is 0 Å². The van der Waals surface area contributed by atoms with Gasteiger partial charge in [0.1, 0.15) is 5.75 Å². The number of aryl methyl sites for hydroxylation is 1. The van der Waals surface area contributed by atoms with Crippen LogP contribution in [0.2, 0.25) is 0 Å². The van der Waals surface area contributed by atoms with Crippen LogP contribution in [0.15, 0.2) is 48.5 Å². The van der Waals surface area contributed by atoms with E-state index in [-0.39, 0.29) is 11.9 Å². The number of ether oxygens (including phenoxy) is 1. The molecule has 0 aliphatic rings. The van der Waals surface area contributed by atoms with E-state index < -0.39 is 0 Å². The molecular formula is C22H25N3O2S. The van der Waals surface area contributed by atoms with Crippen molar-refractivity contribution in [3.63, 3.8) is 0 Å². The van der Waals surface area contributed by atoms with Gasteiger partial charge in [0.2, 0.25) is 5.91 Å². The zero-order chi connectivity index (χ0) is 19.9. The molecule has 5 nitrogen and oxygen atoms in total. The van der Waals surface area contributed by atoms with E-state index in [9.17, 15) is 4.79 Å². The Morgan fingerprint density at radius 2 is 1.79 bits per heavy atom. The number of hydrogen-bond donors (Lipinski definition) is 1. The van der Waals surface area contributed by atoms with Crippen LogP contribution < -0.4 is 10.1 Å². The van der Waals surface area contributed by atoms with Crippen molar-refractivity contribution >= 4 is 17.4 Å². The summed E-state index contributed by atoms with van der Waals surface area (Å²) in [6, 6.07) is 16.1. The summed E-state index contributed by atoms with van der Waals surface area (Å²) in [6.07, 6.45) is 1.97. The Kier molecular flexibility index (Phi) is 6.76. The lowest BCUT2D eigenvalue weighted by molar-refractivity contribution is -0.121. The summed E-state index contributed by atoms with van der Waals surface area (Å²) in [5.41, 5.74) is 3.36. The van der Waals surface area contributed by atoms with Gasteiger partial charge in [0.15, 0.2) is 5.82 Å². The monoisotopic (exact) mass is 395 g/mol. The van der Waals surface area contributed by atoms with Gasteiger partial charge < -0.3 is 10.1 Å². The summed E-state index contributed by atoms with van der Waals surface area (Å²) < 4.78 is 10.2. The van der Waals surface area contributed by atoms with Crippen LogP contribution in [0, 0.1) is 6.92 Å². The fraction of sp³-hybridized carbons (Fsp3) is 0.318. The van der Waals surface area contributed by atoms with Crippen LogP contribution >= 0.6 is 11.5 Å². The second-order valence-electron chi connectivity index (χ2n) is 6.94. The lowest BCUT2D eigenvalue weighted by atomic mass is 10.1. The van der Waals surface area contributed by atoms with Crippen LogP contribution in [-0.2, 0) is 17.6 Å². The molecule has 1 N–H and O–H groups in total. The molecule has 6 heteroatoms. The third-order valence-corrected chi connectivity index (χ3v) is 5.08. The number of rotatable bonds is 8. The van der Waals surface area contributed by atoms with Crippen LogP contribution in [0.1, 0.15) is 42.8 Å². The second kappa shape index (κ2) is 9.46. The number of hydrogen-bond acceptors (Lipinski definition) is 5. The molecule has 0 radical (unpaired) electrons. The molecule has 3 rings (SSSR count). The predicted octanol–water partition coefficient (Wildman–Crippen LogP) is 4.69. The van der Waals surface area contributed by atoms with E-state index in [1.54, 1.807) is 0 Å². The van der Waals surface area contributed by atoms with E-state index in [2.05, 4.69) is 52.8 Å². The van der Waals surface area contributed by atoms with E-state index in [4.69, 9.17) is 4.74 Å². The van der Waals surface area contributed by atoms with Crippen molar-refractivity contribution in [3.8, 4) is 10.9 Å². The standard InChI is InChI=1S/C22H25N3O2S/c1-4-16(3)23-21(26)14-18-9-11-19(12-10-18)27-22-24-20(25-28-22)13-17-7-5-15(2)6-8-17/h5-12,16H,4,13-14H2,1-3H3,(H,23,26)/t16-/m0/s1. The Balaban J connectivity index is 1.55. The zero-order valence-corrected chi connectivity index (χ0v) is 17.3. The van der Waals surface area contributed by atoms with Crippen molar-refractivity contribution in [1.82, 2.24) is 14.7 Å². The van der Waals surface area contributed by atoms with Crippen molar-refractivity contribution in [3.05, 3.63) is 71.0 Å². The Labute approximate surface area is 170 Å². The van der Waals surface area contributed by atoms with Crippen molar-refractivity contribution < 1.29 is 9.53 Å². The summed E-state index contributed by atoms with van der Waals surface area (Å²) in [4.78, 5) is 16.4. The Morgan fingerprint density at radius 1 is 1.11 bits per heavy atom. The Bertz CT molecular complexity index is 904. The number of nitrogens with zero attached hydrogens (tertiary/aromatic N) is 2. The highest BCUT2D eigenvalue weighted by Gasteiger charge is 2.09. The average molecular weight is 396 g/mol. The maximum atomic E-state index is 12.0. The first kappa shape index (κ1) is 20.0. The number of amides is 1. The van der Waals surface area contributed by atoms with E-state index in [0.717, 1.165) is 17.8 Å². The van der Waals surface area contributed by atoms with E-state index in [1.807, 2.05) is 31.2 Å². The molecule has 28 heavy (non-hydrogen) atoms. The Hall–Kier alpha value is -2.73. The van der Waals surface area contributed by atoms with Gasteiger partial charge in [-0.2, -0.15) is 9.36 Å². The van der Waals surface area contributed by atoms with Gasteiger partial charge in [0.25, 0.3) is 5.19 Å². The van der Waals surface area contributed by atoms with Crippen molar-refractivity contribution in [2.45, 2.75) is 46.1 Å². The molecule has 146 valence electrons. The first-order chi connectivity index (χ1) is 13.5. The van der Waals surface area contributed by atoms with Crippen LogP contribution in [0.4, 0.5) is 0 Å². The second-order valence-corrected chi connectivity index (χ2v) is 7.65. The quantitative estimate of drug-likeness (QED) is 0.601. The van der Waals surface area contributed by atoms with E-state index >= 15 is 0 Å². The van der Waals surface area contributed by atoms with Gasteiger partial charge in [-0.15, -0.1) is 0 Å². The van der Waals surface area contributed by atoms with Gasteiger partial charge in [0.05, 0.1) is 6.42 Å². The smallest absolute Gasteiger partial charge is 0.298 e. The van der Waals surface area contributed by atoms with E-state index in [1.165, 1.54) is 22.7 Å². The SMILES string of the molecule is CC[C@H](C)NC(=O)Cc1ccc(Oc2nc(Cc3ccc(C)cc3)ns2)cc1. The first-order valence-corrected chi connectivity index (χ1v) is 10.2. The van der Waals surface area contributed by atoms with Crippen LogP contribution in [-0.4, -0.2) is 21.3 Å². The topological polar surface area (TPSA) is 64.1 Å². The Morgan fingerprint density at radius 3 is 2.46 bits per heavy atom. The maximum Gasteiger partial charge on any atom is 0.298 e. The molecule has 0 aliphatic carbocycles. The molecular weight excluding hydrogens is 370 g/mol. The molecule has 0 saturated heterocycles. The number of carbonyl (C=O) groups excluding carboxylic acids is 1. The molecule has 0 bridgehead atoms. The summed E-state index contributed by atoms with van der Waals surface area (Å²) in [5, 5.41) is 3.49. The molecule has 3 aromatic rings. The van der Waals surface area contributed by atoms with Crippen LogP contribution in [0.3, 0.4) is 0 Å². The molecule has 0 spiro atoms. The fourth-order valence-electron chi connectivity index (χ4n) is 2.63. The van der Waals surface area contributed by atoms with Crippen molar-refractivity contribution in [2.75, 3.05) is 0 Å². The number of aromatic nitrogens is 2. The van der Waals surface area contributed by atoms with Gasteiger partial charge >= 0.3 is 0 Å². The van der Waals surface area contributed by atoms with E-state index in [0.29, 0.717) is 23.8 Å². The minimum absolute atomic E-state index is 0.0351. The molecule has 0 fully saturated rings. The van der Waals surface area contributed by atoms with Crippen LogP contribution in [0.5, 0.6) is 10.9 Å². The minimum Gasteiger partial charge on any atom is -0.430 e. The highest BCUT2D eigenvalue weighted by atomic mass is 32.1. The minimum atomic E-state index is 0.0351. The van der Waals surface area contributed by atoms with Gasteiger partial charge in [0, 0.05) is 24.0 Å². The lowest BCUT2D eigenvalue weighted by Gasteiger charge is -2.11. The fourth-order valence-corrected chi connectivity index (χ4v) is 3.20. The largest absolute Gasteiger partial charge is 0.430 e.